The fourth-order valence-electron chi connectivity index (χ4n) is 2.54. The summed E-state index contributed by atoms with van der Waals surface area (Å²) >= 11 is 0. The Hall–Kier alpha value is -1.02. The van der Waals surface area contributed by atoms with Crippen molar-refractivity contribution in [1.82, 2.24) is 4.90 Å². The number of nitrogens with zero attached hydrogens (tertiary/aromatic N) is 1. The molecule has 2 rings (SSSR count). The normalized spacial score (nSPS) is 21.9. The van der Waals surface area contributed by atoms with Gasteiger partial charge in [0, 0.05) is 13.1 Å². The Morgan fingerprint density at radius 2 is 1.88 bits per heavy atom. The van der Waals surface area contributed by atoms with E-state index >= 15 is 0 Å². The highest BCUT2D eigenvalue weighted by atomic mass is 16.3. The summed E-state index contributed by atoms with van der Waals surface area (Å²) in [5.74, 6) is 1.15. The standard InChI is InChI=1S/C15H23NO/c1-15(2,3)13-8-9-16(11-13)10-12-4-6-14(17)7-5-12/h4-7,13,17H,8-11H2,1-3H3. The fraction of sp³-hybridized carbons (Fsp3) is 0.600. The second-order valence-corrected chi connectivity index (χ2v) is 6.25. The number of phenols is 1. The summed E-state index contributed by atoms with van der Waals surface area (Å²) in [7, 11) is 0. The van der Waals surface area contributed by atoms with Gasteiger partial charge in [0.15, 0.2) is 0 Å². The van der Waals surface area contributed by atoms with Crippen LogP contribution in [0.4, 0.5) is 0 Å². The summed E-state index contributed by atoms with van der Waals surface area (Å²) < 4.78 is 0. The van der Waals surface area contributed by atoms with Gasteiger partial charge in [-0.2, -0.15) is 0 Å². The molecule has 0 bridgehead atoms. The minimum absolute atomic E-state index is 0.350. The molecule has 1 saturated heterocycles. The Labute approximate surface area is 104 Å². The van der Waals surface area contributed by atoms with Gasteiger partial charge in [0.25, 0.3) is 0 Å². The van der Waals surface area contributed by atoms with Crippen LogP contribution in [-0.2, 0) is 6.54 Å². The van der Waals surface area contributed by atoms with E-state index in [0.29, 0.717) is 11.2 Å². The molecule has 1 aromatic carbocycles. The van der Waals surface area contributed by atoms with E-state index in [2.05, 4.69) is 25.7 Å². The first kappa shape index (κ1) is 12.4. The zero-order valence-electron chi connectivity index (χ0n) is 11.1. The molecule has 0 saturated carbocycles. The van der Waals surface area contributed by atoms with Crippen molar-refractivity contribution in [1.29, 1.82) is 0 Å². The van der Waals surface area contributed by atoms with E-state index in [9.17, 15) is 5.11 Å². The van der Waals surface area contributed by atoms with Crippen molar-refractivity contribution in [2.45, 2.75) is 33.7 Å². The van der Waals surface area contributed by atoms with E-state index in [1.165, 1.54) is 25.1 Å². The van der Waals surface area contributed by atoms with Gasteiger partial charge in [0.05, 0.1) is 0 Å². The molecule has 0 amide bonds. The van der Waals surface area contributed by atoms with Crippen LogP contribution in [0.25, 0.3) is 0 Å². The second kappa shape index (κ2) is 4.69. The maximum Gasteiger partial charge on any atom is 0.115 e. The van der Waals surface area contributed by atoms with Crippen LogP contribution in [0.15, 0.2) is 24.3 Å². The summed E-state index contributed by atoms with van der Waals surface area (Å²) in [5.41, 5.74) is 1.71. The highest BCUT2D eigenvalue weighted by molar-refractivity contribution is 5.25. The van der Waals surface area contributed by atoms with Crippen LogP contribution in [0.3, 0.4) is 0 Å². The molecule has 1 fully saturated rings. The molecule has 1 N–H and O–H groups in total. The predicted molar refractivity (Wildman–Crippen MR) is 70.9 cm³/mol. The van der Waals surface area contributed by atoms with Crippen molar-refractivity contribution in [2.75, 3.05) is 13.1 Å². The van der Waals surface area contributed by atoms with Crippen molar-refractivity contribution < 1.29 is 5.11 Å². The van der Waals surface area contributed by atoms with Gasteiger partial charge in [-0.25, -0.2) is 0 Å². The summed E-state index contributed by atoms with van der Waals surface area (Å²) in [5, 5.41) is 9.25. The summed E-state index contributed by atoms with van der Waals surface area (Å²) in [6.07, 6.45) is 1.31. The molecule has 2 nitrogen and oxygen atoms in total. The van der Waals surface area contributed by atoms with Crippen LogP contribution in [0, 0.1) is 11.3 Å². The minimum Gasteiger partial charge on any atom is -0.508 e. The molecule has 1 unspecified atom stereocenters. The average Bonchev–Trinajstić information content (AvgIpc) is 2.69. The van der Waals surface area contributed by atoms with Crippen molar-refractivity contribution in [3.05, 3.63) is 29.8 Å². The van der Waals surface area contributed by atoms with Crippen LogP contribution in [0.1, 0.15) is 32.8 Å². The maximum absolute atomic E-state index is 9.25. The van der Waals surface area contributed by atoms with Crippen molar-refractivity contribution >= 4 is 0 Å². The number of likely N-dealkylation sites (tertiary alicyclic amines) is 1. The van der Waals surface area contributed by atoms with E-state index in [-0.39, 0.29) is 0 Å². The van der Waals surface area contributed by atoms with Gasteiger partial charge in [-0.05, 0) is 42.0 Å². The molecule has 0 aromatic heterocycles. The summed E-state index contributed by atoms with van der Waals surface area (Å²) in [6, 6.07) is 7.57. The van der Waals surface area contributed by atoms with Gasteiger partial charge in [-0.1, -0.05) is 32.9 Å². The number of hydrogen-bond acceptors (Lipinski definition) is 2. The van der Waals surface area contributed by atoms with E-state index in [0.717, 1.165) is 12.5 Å². The molecule has 94 valence electrons. The van der Waals surface area contributed by atoms with Crippen LogP contribution in [0.2, 0.25) is 0 Å². The van der Waals surface area contributed by atoms with Crippen LogP contribution >= 0.6 is 0 Å². The Morgan fingerprint density at radius 1 is 1.24 bits per heavy atom. The van der Waals surface area contributed by atoms with Crippen LogP contribution < -0.4 is 0 Å². The van der Waals surface area contributed by atoms with E-state index < -0.39 is 0 Å². The van der Waals surface area contributed by atoms with Crippen molar-refractivity contribution in [2.24, 2.45) is 11.3 Å². The molecule has 0 radical (unpaired) electrons. The summed E-state index contributed by atoms with van der Waals surface area (Å²) in [4.78, 5) is 2.52. The second-order valence-electron chi connectivity index (χ2n) is 6.25. The van der Waals surface area contributed by atoms with Gasteiger partial charge in [-0.3, -0.25) is 4.90 Å². The smallest absolute Gasteiger partial charge is 0.115 e. The number of benzene rings is 1. The molecular formula is C15H23NO. The molecule has 17 heavy (non-hydrogen) atoms. The van der Waals surface area contributed by atoms with Gasteiger partial charge < -0.3 is 5.11 Å². The zero-order chi connectivity index (χ0) is 12.5. The Morgan fingerprint density at radius 3 is 2.41 bits per heavy atom. The highest BCUT2D eigenvalue weighted by Gasteiger charge is 2.31. The van der Waals surface area contributed by atoms with Gasteiger partial charge in [-0.15, -0.1) is 0 Å². The molecule has 1 atom stereocenters. The van der Waals surface area contributed by atoms with Crippen LogP contribution in [-0.4, -0.2) is 23.1 Å². The molecule has 0 aliphatic carbocycles. The predicted octanol–water partition coefficient (Wildman–Crippen LogP) is 3.26. The molecule has 1 aromatic rings. The number of phenolic OH excluding ortho intramolecular Hbond substituents is 1. The lowest BCUT2D eigenvalue weighted by Gasteiger charge is -2.27. The number of hydrogen-bond donors (Lipinski definition) is 1. The average molecular weight is 233 g/mol. The van der Waals surface area contributed by atoms with E-state index in [1.54, 1.807) is 12.1 Å². The van der Waals surface area contributed by atoms with Gasteiger partial charge >= 0.3 is 0 Å². The summed E-state index contributed by atoms with van der Waals surface area (Å²) in [6.45, 7) is 10.4. The first-order chi connectivity index (χ1) is 7.95. The molecule has 1 aliphatic rings. The third-order valence-corrected chi connectivity index (χ3v) is 3.84. The Bertz CT molecular complexity index is 364. The topological polar surface area (TPSA) is 23.5 Å². The molecule has 2 heteroatoms. The monoisotopic (exact) mass is 233 g/mol. The SMILES string of the molecule is CC(C)(C)C1CCN(Cc2ccc(O)cc2)C1. The highest BCUT2D eigenvalue weighted by Crippen LogP contribution is 2.34. The molecular weight excluding hydrogens is 210 g/mol. The minimum atomic E-state index is 0.350. The zero-order valence-corrected chi connectivity index (χ0v) is 11.1. The lowest BCUT2D eigenvalue weighted by molar-refractivity contribution is 0.226. The van der Waals surface area contributed by atoms with Crippen molar-refractivity contribution in [3.63, 3.8) is 0 Å². The third-order valence-electron chi connectivity index (χ3n) is 3.84. The molecule has 1 heterocycles. The fourth-order valence-corrected chi connectivity index (χ4v) is 2.54. The largest absolute Gasteiger partial charge is 0.508 e. The third kappa shape index (κ3) is 3.22. The van der Waals surface area contributed by atoms with Crippen LogP contribution in [0.5, 0.6) is 5.75 Å². The number of rotatable bonds is 2. The van der Waals surface area contributed by atoms with E-state index in [1.807, 2.05) is 12.1 Å². The first-order valence-electron chi connectivity index (χ1n) is 6.45. The Balaban J connectivity index is 1.92. The van der Waals surface area contributed by atoms with Gasteiger partial charge in [0.2, 0.25) is 0 Å². The number of aromatic hydroxyl groups is 1. The molecule has 1 aliphatic heterocycles. The quantitative estimate of drug-likeness (QED) is 0.847. The maximum atomic E-state index is 9.25. The van der Waals surface area contributed by atoms with Gasteiger partial charge in [0.1, 0.15) is 5.75 Å². The first-order valence-corrected chi connectivity index (χ1v) is 6.45. The molecule has 0 spiro atoms. The van der Waals surface area contributed by atoms with Crippen molar-refractivity contribution in [3.8, 4) is 5.75 Å². The van der Waals surface area contributed by atoms with E-state index in [4.69, 9.17) is 0 Å². The lowest BCUT2D eigenvalue weighted by Crippen LogP contribution is -2.25. The Kier molecular flexibility index (Phi) is 3.43. The lowest BCUT2D eigenvalue weighted by atomic mass is 9.80.